The SMILES string of the molecule is CCC(=O)Nc1cnc(C)cn1. The maximum atomic E-state index is 10.9. The molecule has 1 rings (SSSR count). The van der Waals surface area contributed by atoms with Gasteiger partial charge in [0.25, 0.3) is 0 Å². The number of anilines is 1. The Morgan fingerprint density at radius 2 is 2.25 bits per heavy atom. The van der Waals surface area contributed by atoms with E-state index in [2.05, 4.69) is 15.3 Å². The van der Waals surface area contributed by atoms with Crippen molar-refractivity contribution in [2.45, 2.75) is 20.3 Å². The Morgan fingerprint density at radius 3 is 2.75 bits per heavy atom. The fourth-order valence-electron chi connectivity index (χ4n) is 0.688. The van der Waals surface area contributed by atoms with Gasteiger partial charge in [-0.1, -0.05) is 6.92 Å². The number of rotatable bonds is 2. The molecule has 4 heteroatoms. The summed E-state index contributed by atoms with van der Waals surface area (Å²) in [7, 11) is 0. The molecule has 1 heterocycles. The number of carbonyl (C=O) groups excluding carboxylic acids is 1. The summed E-state index contributed by atoms with van der Waals surface area (Å²) >= 11 is 0. The average molecular weight is 165 g/mol. The molecule has 0 aliphatic heterocycles. The van der Waals surface area contributed by atoms with Crippen LogP contribution in [-0.2, 0) is 4.79 Å². The summed E-state index contributed by atoms with van der Waals surface area (Å²) in [5, 5.41) is 2.61. The van der Waals surface area contributed by atoms with Crippen molar-refractivity contribution in [3.8, 4) is 0 Å². The van der Waals surface area contributed by atoms with Gasteiger partial charge in [-0.25, -0.2) is 4.98 Å². The second kappa shape index (κ2) is 3.80. The van der Waals surface area contributed by atoms with Gasteiger partial charge in [0.2, 0.25) is 5.91 Å². The van der Waals surface area contributed by atoms with E-state index in [4.69, 9.17) is 0 Å². The minimum absolute atomic E-state index is 0.0480. The second-order valence-electron chi connectivity index (χ2n) is 2.44. The Labute approximate surface area is 71.0 Å². The Hall–Kier alpha value is -1.45. The van der Waals surface area contributed by atoms with Crippen molar-refractivity contribution in [2.75, 3.05) is 5.32 Å². The Morgan fingerprint density at radius 1 is 1.50 bits per heavy atom. The largest absolute Gasteiger partial charge is 0.309 e. The van der Waals surface area contributed by atoms with E-state index in [1.807, 2.05) is 6.92 Å². The topological polar surface area (TPSA) is 54.9 Å². The summed E-state index contributed by atoms with van der Waals surface area (Å²) in [6.45, 7) is 3.63. The highest BCUT2D eigenvalue weighted by Gasteiger charge is 1.98. The molecule has 0 spiro atoms. The van der Waals surface area contributed by atoms with E-state index in [9.17, 15) is 4.79 Å². The molecule has 0 aliphatic carbocycles. The van der Waals surface area contributed by atoms with Crippen molar-refractivity contribution in [2.24, 2.45) is 0 Å². The van der Waals surface area contributed by atoms with Crippen molar-refractivity contribution < 1.29 is 4.79 Å². The highest BCUT2D eigenvalue weighted by atomic mass is 16.1. The monoisotopic (exact) mass is 165 g/mol. The second-order valence-corrected chi connectivity index (χ2v) is 2.44. The standard InChI is InChI=1S/C8H11N3O/c1-3-8(12)11-7-5-9-6(2)4-10-7/h4-5H,3H2,1-2H3,(H,10,11,12). The Balaban J connectivity index is 2.64. The molecular formula is C8H11N3O. The fourth-order valence-corrected chi connectivity index (χ4v) is 0.688. The van der Waals surface area contributed by atoms with Crippen LogP contribution in [0.15, 0.2) is 12.4 Å². The maximum Gasteiger partial charge on any atom is 0.225 e. The molecule has 1 amide bonds. The first-order valence-corrected chi connectivity index (χ1v) is 3.81. The van der Waals surface area contributed by atoms with Gasteiger partial charge in [0, 0.05) is 6.42 Å². The summed E-state index contributed by atoms with van der Waals surface area (Å²) in [6, 6.07) is 0. The van der Waals surface area contributed by atoms with Gasteiger partial charge in [-0.05, 0) is 6.92 Å². The predicted octanol–water partition coefficient (Wildman–Crippen LogP) is 1.13. The molecule has 0 aromatic carbocycles. The predicted molar refractivity (Wildman–Crippen MR) is 45.7 cm³/mol. The van der Waals surface area contributed by atoms with E-state index in [0.29, 0.717) is 12.2 Å². The van der Waals surface area contributed by atoms with Crippen LogP contribution in [0.4, 0.5) is 5.82 Å². The molecule has 4 nitrogen and oxygen atoms in total. The fraction of sp³-hybridized carbons (Fsp3) is 0.375. The molecule has 1 N–H and O–H groups in total. The molecular weight excluding hydrogens is 154 g/mol. The zero-order valence-electron chi connectivity index (χ0n) is 7.16. The number of nitrogens with one attached hydrogen (secondary N) is 1. The van der Waals surface area contributed by atoms with E-state index < -0.39 is 0 Å². The number of amides is 1. The minimum atomic E-state index is -0.0480. The molecule has 0 radical (unpaired) electrons. The van der Waals surface area contributed by atoms with Gasteiger partial charge in [0.1, 0.15) is 0 Å². The number of nitrogens with zero attached hydrogens (tertiary/aromatic N) is 2. The summed E-state index contributed by atoms with van der Waals surface area (Å²) < 4.78 is 0. The summed E-state index contributed by atoms with van der Waals surface area (Å²) in [5.74, 6) is 0.459. The van der Waals surface area contributed by atoms with Gasteiger partial charge in [0.05, 0.1) is 18.1 Å². The first-order chi connectivity index (χ1) is 5.72. The van der Waals surface area contributed by atoms with E-state index in [-0.39, 0.29) is 5.91 Å². The van der Waals surface area contributed by atoms with Crippen molar-refractivity contribution in [3.63, 3.8) is 0 Å². The van der Waals surface area contributed by atoms with Crippen molar-refractivity contribution in [3.05, 3.63) is 18.1 Å². The van der Waals surface area contributed by atoms with Crippen LogP contribution in [0.3, 0.4) is 0 Å². The summed E-state index contributed by atoms with van der Waals surface area (Å²) in [4.78, 5) is 18.8. The van der Waals surface area contributed by atoms with Crippen LogP contribution in [0.25, 0.3) is 0 Å². The maximum absolute atomic E-state index is 10.9. The smallest absolute Gasteiger partial charge is 0.225 e. The van der Waals surface area contributed by atoms with Crippen LogP contribution < -0.4 is 5.32 Å². The number of hydrogen-bond donors (Lipinski definition) is 1. The zero-order chi connectivity index (χ0) is 8.97. The molecule has 0 saturated heterocycles. The van der Waals surface area contributed by atoms with Crippen LogP contribution in [0.1, 0.15) is 19.0 Å². The summed E-state index contributed by atoms with van der Waals surface area (Å²) in [5.41, 5.74) is 0.837. The lowest BCUT2D eigenvalue weighted by Gasteiger charge is -2.00. The molecule has 0 unspecified atom stereocenters. The van der Waals surface area contributed by atoms with Crippen LogP contribution in [-0.4, -0.2) is 15.9 Å². The third kappa shape index (κ3) is 2.30. The first-order valence-electron chi connectivity index (χ1n) is 3.81. The molecule has 12 heavy (non-hydrogen) atoms. The summed E-state index contributed by atoms with van der Waals surface area (Å²) in [6.07, 6.45) is 3.61. The molecule has 1 aromatic rings. The van der Waals surface area contributed by atoms with E-state index in [1.165, 1.54) is 0 Å². The molecule has 0 bridgehead atoms. The average Bonchev–Trinajstić information content (AvgIpc) is 2.09. The number of aryl methyl sites for hydroxylation is 1. The lowest BCUT2D eigenvalue weighted by atomic mass is 10.4. The van der Waals surface area contributed by atoms with Gasteiger partial charge in [0.15, 0.2) is 5.82 Å². The molecule has 0 aliphatic rings. The first kappa shape index (κ1) is 8.64. The minimum Gasteiger partial charge on any atom is -0.309 e. The van der Waals surface area contributed by atoms with Crippen LogP contribution in [0, 0.1) is 6.92 Å². The van der Waals surface area contributed by atoms with E-state index >= 15 is 0 Å². The lowest BCUT2D eigenvalue weighted by molar-refractivity contribution is -0.115. The van der Waals surface area contributed by atoms with E-state index in [0.717, 1.165) is 5.69 Å². The molecule has 0 atom stereocenters. The highest BCUT2D eigenvalue weighted by molar-refractivity contribution is 5.89. The van der Waals surface area contributed by atoms with Crippen LogP contribution >= 0.6 is 0 Å². The highest BCUT2D eigenvalue weighted by Crippen LogP contribution is 1.99. The van der Waals surface area contributed by atoms with Crippen molar-refractivity contribution in [1.29, 1.82) is 0 Å². The van der Waals surface area contributed by atoms with Gasteiger partial charge in [-0.2, -0.15) is 0 Å². The van der Waals surface area contributed by atoms with Gasteiger partial charge < -0.3 is 5.32 Å². The number of hydrogen-bond acceptors (Lipinski definition) is 3. The zero-order valence-corrected chi connectivity index (χ0v) is 7.16. The Kier molecular flexibility index (Phi) is 2.74. The number of carbonyl (C=O) groups is 1. The Bertz CT molecular complexity index is 268. The normalized spacial score (nSPS) is 9.50. The van der Waals surface area contributed by atoms with Gasteiger partial charge in [-0.15, -0.1) is 0 Å². The van der Waals surface area contributed by atoms with Gasteiger partial charge >= 0.3 is 0 Å². The molecule has 1 aromatic heterocycles. The molecule has 64 valence electrons. The third-order valence-electron chi connectivity index (χ3n) is 1.37. The van der Waals surface area contributed by atoms with Crippen LogP contribution in [0.2, 0.25) is 0 Å². The van der Waals surface area contributed by atoms with Crippen molar-refractivity contribution in [1.82, 2.24) is 9.97 Å². The molecule has 0 fully saturated rings. The lowest BCUT2D eigenvalue weighted by Crippen LogP contribution is -2.10. The number of aromatic nitrogens is 2. The third-order valence-corrected chi connectivity index (χ3v) is 1.37. The van der Waals surface area contributed by atoms with Crippen LogP contribution in [0.5, 0.6) is 0 Å². The van der Waals surface area contributed by atoms with Crippen molar-refractivity contribution >= 4 is 11.7 Å². The van der Waals surface area contributed by atoms with Gasteiger partial charge in [-0.3, -0.25) is 9.78 Å². The quantitative estimate of drug-likeness (QED) is 0.714. The molecule has 0 saturated carbocycles. The van der Waals surface area contributed by atoms with E-state index in [1.54, 1.807) is 19.3 Å².